The number of ether oxygens (including phenoxy) is 4. The zero-order valence-corrected chi connectivity index (χ0v) is 15.9. The molecule has 0 N–H and O–H groups in total. The van der Waals surface area contributed by atoms with E-state index in [1.807, 2.05) is 32.1 Å². The van der Waals surface area contributed by atoms with Gasteiger partial charge in [0.05, 0.1) is 17.4 Å². The second-order valence-corrected chi connectivity index (χ2v) is 7.72. The number of hydrogen-bond donors (Lipinski definition) is 0. The first-order valence-electron chi connectivity index (χ1n) is 8.86. The van der Waals surface area contributed by atoms with Crippen LogP contribution in [0.5, 0.6) is 0 Å². The molecule has 6 heteroatoms. The Morgan fingerprint density at radius 1 is 1.38 bits per heavy atom. The van der Waals surface area contributed by atoms with E-state index < -0.39 is 35.5 Å². The second-order valence-electron chi connectivity index (χ2n) is 7.72. The first kappa shape index (κ1) is 18.9. The molecule has 0 aromatic rings. The molecule has 0 radical (unpaired) electrons. The van der Waals surface area contributed by atoms with E-state index in [0.29, 0.717) is 12.0 Å². The monoisotopic (exact) mass is 362 g/mol. The summed E-state index contributed by atoms with van der Waals surface area (Å²) in [5.74, 6) is -2.55. The van der Waals surface area contributed by atoms with Gasteiger partial charge in [-0.25, -0.2) is 4.79 Å². The normalized spacial score (nSPS) is 41.0. The average molecular weight is 362 g/mol. The molecule has 0 aromatic heterocycles. The van der Waals surface area contributed by atoms with Crippen LogP contribution < -0.4 is 0 Å². The molecule has 0 unspecified atom stereocenters. The summed E-state index contributed by atoms with van der Waals surface area (Å²) in [7, 11) is 1.57. The van der Waals surface area contributed by atoms with Crippen molar-refractivity contribution >= 4 is 11.9 Å². The summed E-state index contributed by atoms with van der Waals surface area (Å²) >= 11 is 0. The number of rotatable bonds is 3. The molecule has 1 saturated heterocycles. The van der Waals surface area contributed by atoms with E-state index in [4.69, 9.17) is 18.9 Å². The van der Waals surface area contributed by atoms with Gasteiger partial charge in [-0.15, -0.1) is 0 Å². The Kier molecular flexibility index (Phi) is 4.61. The highest BCUT2D eigenvalue weighted by Crippen LogP contribution is 2.45. The van der Waals surface area contributed by atoms with Crippen LogP contribution in [0.25, 0.3) is 0 Å². The fourth-order valence-corrected chi connectivity index (χ4v) is 3.76. The fourth-order valence-electron chi connectivity index (χ4n) is 3.76. The van der Waals surface area contributed by atoms with Crippen molar-refractivity contribution < 1.29 is 28.5 Å². The third kappa shape index (κ3) is 3.01. The maximum Gasteiger partial charge on any atom is 0.334 e. The molecule has 1 fully saturated rings. The number of methoxy groups -OCH3 is 1. The molecular formula is C20H26O6. The minimum absolute atomic E-state index is 0.282. The lowest BCUT2D eigenvalue weighted by Gasteiger charge is -2.34. The van der Waals surface area contributed by atoms with Gasteiger partial charge < -0.3 is 18.9 Å². The number of fused-ring (bicyclic) bond motifs is 3. The topological polar surface area (TPSA) is 71.1 Å². The summed E-state index contributed by atoms with van der Waals surface area (Å²) in [6, 6.07) is 0. The molecule has 0 aliphatic carbocycles. The number of hydrogen-bond acceptors (Lipinski definition) is 6. The van der Waals surface area contributed by atoms with E-state index in [2.05, 4.69) is 6.58 Å². The van der Waals surface area contributed by atoms with Crippen LogP contribution in [0, 0.1) is 11.8 Å². The van der Waals surface area contributed by atoms with Crippen LogP contribution in [0.1, 0.15) is 34.1 Å². The van der Waals surface area contributed by atoms with E-state index in [9.17, 15) is 9.59 Å². The van der Waals surface area contributed by atoms with Crippen molar-refractivity contribution in [1.29, 1.82) is 0 Å². The van der Waals surface area contributed by atoms with Crippen LogP contribution in [-0.4, -0.2) is 42.6 Å². The molecule has 142 valence electrons. The molecule has 3 aliphatic rings. The highest BCUT2D eigenvalue weighted by molar-refractivity contribution is 5.91. The van der Waals surface area contributed by atoms with Crippen LogP contribution in [0.2, 0.25) is 0 Å². The molecule has 3 rings (SSSR count). The zero-order chi connectivity index (χ0) is 19.3. The van der Waals surface area contributed by atoms with E-state index in [1.165, 1.54) is 0 Å². The summed E-state index contributed by atoms with van der Waals surface area (Å²) in [6.45, 7) is 11.2. The Morgan fingerprint density at radius 2 is 2.08 bits per heavy atom. The summed E-state index contributed by atoms with van der Waals surface area (Å²) < 4.78 is 23.2. The molecule has 0 spiro atoms. The molecule has 6 nitrogen and oxygen atoms in total. The Morgan fingerprint density at radius 3 is 2.69 bits per heavy atom. The van der Waals surface area contributed by atoms with Crippen LogP contribution in [0.3, 0.4) is 0 Å². The Labute approximate surface area is 153 Å². The molecule has 26 heavy (non-hydrogen) atoms. The van der Waals surface area contributed by atoms with Gasteiger partial charge in [0.15, 0.2) is 0 Å². The van der Waals surface area contributed by atoms with E-state index in [-0.39, 0.29) is 11.9 Å². The van der Waals surface area contributed by atoms with Crippen molar-refractivity contribution in [2.75, 3.05) is 7.11 Å². The van der Waals surface area contributed by atoms with Gasteiger partial charge in [-0.3, -0.25) is 4.79 Å². The van der Waals surface area contributed by atoms with Gasteiger partial charge in [0.2, 0.25) is 5.79 Å². The molecule has 0 saturated carbocycles. The zero-order valence-electron chi connectivity index (χ0n) is 15.9. The number of carbonyl (C=O) groups is 2. The van der Waals surface area contributed by atoms with Crippen molar-refractivity contribution in [1.82, 2.24) is 0 Å². The molecular weight excluding hydrogens is 336 g/mol. The predicted molar refractivity (Wildman–Crippen MR) is 94.0 cm³/mol. The van der Waals surface area contributed by atoms with E-state index in [1.54, 1.807) is 21.0 Å². The van der Waals surface area contributed by atoms with Gasteiger partial charge in [0.25, 0.3) is 0 Å². The van der Waals surface area contributed by atoms with Gasteiger partial charge in [-0.2, -0.15) is 0 Å². The molecule has 5 atom stereocenters. The van der Waals surface area contributed by atoms with Crippen LogP contribution >= 0.6 is 0 Å². The van der Waals surface area contributed by atoms with Crippen molar-refractivity contribution in [3.05, 3.63) is 36.0 Å². The predicted octanol–water partition coefficient (Wildman–Crippen LogP) is 2.69. The SMILES string of the molecule is C=C1C(=O)O[C@@H]2/C=C(/C)[C@]3(OC)C=C[C@](C)(C[C@@H](OC(=O)C(C)C)[C@@H]12)O3. The minimum Gasteiger partial charge on any atom is -0.461 e. The smallest absolute Gasteiger partial charge is 0.334 e. The van der Waals surface area contributed by atoms with Crippen molar-refractivity contribution in [3.63, 3.8) is 0 Å². The van der Waals surface area contributed by atoms with Gasteiger partial charge in [0, 0.05) is 19.1 Å². The van der Waals surface area contributed by atoms with Crippen LogP contribution in [0.4, 0.5) is 0 Å². The maximum absolute atomic E-state index is 12.3. The molecule has 0 aromatic carbocycles. The first-order chi connectivity index (χ1) is 12.1. The van der Waals surface area contributed by atoms with Crippen molar-refractivity contribution in [3.8, 4) is 0 Å². The van der Waals surface area contributed by atoms with Crippen molar-refractivity contribution in [2.45, 2.75) is 57.7 Å². The summed E-state index contributed by atoms with van der Waals surface area (Å²) in [5.41, 5.74) is 0.374. The van der Waals surface area contributed by atoms with Gasteiger partial charge in [-0.05, 0) is 31.6 Å². The Balaban J connectivity index is 2.06. The summed E-state index contributed by atoms with van der Waals surface area (Å²) in [6.07, 6.45) is 4.77. The van der Waals surface area contributed by atoms with Gasteiger partial charge in [-0.1, -0.05) is 26.5 Å². The lowest BCUT2D eigenvalue weighted by Crippen LogP contribution is -2.41. The minimum atomic E-state index is -1.02. The standard InChI is InChI=1S/C20H26O6/c1-11(2)17(21)25-15-10-19(5)7-8-20(23-6,26-19)12(3)9-14-16(15)13(4)18(22)24-14/h7-9,11,14-16H,4,10H2,1-3,5-6H3/b12-9-/t14-,15-,16+,19-,20+/m1/s1. The van der Waals surface area contributed by atoms with E-state index in [0.717, 1.165) is 5.57 Å². The second kappa shape index (κ2) is 6.35. The van der Waals surface area contributed by atoms with E-state index >= 15 is 0 Å². The Hall–Kier alpha value is -1.92. The van der Waals surface area contributed by atoms with Crippen molar-refractivity contribution in [2.24, 2.45) is 11.8 Å². The number of esters is 2. The molecule has 2 bridgehead atoms. The van der Waals surface area contributed by atoms with Crippen LogP contribution in [0.15, 0.2) is 36.0 Å². The lowest BCUT2D eigenvalue weighted by molar-refractivity contribution is -0.204. The summed E-state index contributed by atoms with van der Waals surface area (Å²) in [5, 5.41) is 0. The molecule has 0 amide bonds. The highest BCUT2D eigenvalue weighted by Gasteiger charge is 2.52. The molecule has 3 aliphatic heterocycles. The molecule has 3 heterocycles. The highest BCUT2D eigenvalue weighted by atomic mass is 16.7. The fraction of sp³-hybridized carbons (Fsp3) is 0.600. The maximum atomic E-state index is 12.3. The third-order valence-corrected chi connectivity index (χ3v) is 5.31. The first-order valence-corrected chi connectivity index (χ1v) is 8.86. The lowest BCUT2D eigenvalue weighted by atomic mass is 9.83. The Bertz CT molecular complexity index is 705. The van der Waals surface area contributed by atoms with Gasteiger partial charge in [0.1, 0.15) is 12.2 Å². The third-order valence-electron chi connectivity index (χ3n) is 5.31. The largest absolute Gasteiger partial charge is 0.461 e. The average Bonchev–Trinajstić information content (AvgIpc) is 3.05. The van der Waals surface area contributed by atoms with Crippen LogP contribution in [-0.2, 0) is 28.5 Å². The number of carbonyl (C=O) groups excluding carboxylic acids is 2. The summed E-state index contributed by atoms with van der Waals surface area (Å²) in [4.78, 5) is 24.4. The quantitative estimate of drug-likeness (QED) is 0.437. The van der Waals surface area contributed by atoms with Gasteiger partial charge >= 0.3 is 11.9 Å².